The molecule has 4 aromatic rings. The van der Waals surface area contributed by atoms with E-state index in [0.29, 0.717) is 24.6 Å². The van der Waals surface area contributed by atoms with Gasteiger partial charge >= 0.3 is 6.18 Å². The second-order valence-electron chi connectivity index (χ2n) is 8.93. The lowest BCUT2D eigenvalue weighted by Crippen LogP contribution is -2.38. The van der Waals surface area contributed by atoms with Crippen molar-refractivity contribution < 1.29 is 22.8 Å². The van der Waals surface area contributed by atoms with Gasteiger partial charge in [-0.2, -0.15) is 13.2 Å². The molecule has 3 aromatic carbocycles. The van der Waals surface area contributed by atoms with Gasteiger partial charge in [-0.15, -0.1) is 0 Å². The predicted octanol–water partition coefficient (Wildman–Crippen LogP) is 6.46. The van der Waals surface area contributed by atoms with Crippen molar-refractivity contribution in [1.82, 2.24) is 9.88 Å². The number of carbonyl (C=O) groups is 2. The van der Waals surface area contributed by atoms with E-state index < -0.39 is 17.6 Å². The molecule has 1 fully saturated rings. The van der Waals surface area contributed by atoms with Crippen molar-refractivity contribution in [3.63, 3.8) is 0 Å². The molecule has 1 saturated heterocycles. The van der Waals surface area contributed by atoms with E-state index in [1.165, 1.54) is 23.1 Å². The van der Waals surface area contributed by atoms with Crippen molar-refractivity contribution >= 4 is 28.4 Å². The van der Waals surface area contributed by atoms with Crippen molar-refractivity contribution in [3.8, 4) is 0 Å². The lowest BCUT2D eigenvalue weighted by Gasteiger charge is -2.32. The number of likely N-dealkylation sites (tertiary alicyclic amines) is 1. The Kier molecular flexibility index (Phi) is 6.26. The number of para-hydroxylation sites is 2. The molecule has 0 spiro atoms. The number of benzene rings is 3. The van der Waals surface area contributed by atoms with E-state index in [9.17, 15) is 22.8 Å². The van der Waals surface area contributed by atoms with Gasteiger partial charge in [0.15, 0.2) is 0 Å². The standard InChI is InChI=1S/C28H24F3N3O2/c29-28(30,31)20-7-5-6-19(16-20)26(35)33-25-11-4-2-9-22(25)27(36)34-14-12-18(13-15-34)23-17-32-24-10-3-1-8-21(23)24/h1-11,16-18,32H,12-15H2,(H,33,35). The first-order valence-corrected chi connectivity index (χ1v) is 11.7. The summed E-state index contributed by atoms with van der Waals surface area (Å²) in [5.41, 5.74) is 1.89. The molecule has 2 N–H and O–H groups in total. The van der Waals surface area contributed by atoms with Gasteiger partial charge in [0.05, 0.1) is 16.8 Å². The van der Waals surface area contributed by atoms with Gasteiger partial charge < -0.3 is 15.2 Å². The number of nitrogens with zero attached hydrogens (tertiary/aromatic N) is 1. The van der Waals surface area contributed by atoms with Crippen LogP contribution in [-0.4, -0.2) is 34.8 Å². The summed E-state index contributed by atoms with van der Waals surface area (Å²) in [5.74, 6) is -0.590. The number of amides is 2. The van der Waals surface area contributed by atoms with Gasteiger partial charge in [-0.3, -0.25) is 9.59 Å². The van der Waals surface area contributed by atoms with E-state index in [2.05, 4.69) is 16.4 Å². The minimum atomic E-state index is -4.55. The van der Waals surface area contributed by atoms with Crippen LogP contribution < -0.4 is 5.32 Å². The third-order valence-electron chi connectivity index (χ3n) is 6.70. The van der Waals surface area contributed by atoms with Crippen molar-refractivity contribution in [1.29, 1.82) is 0 Å². The van der Waals surface area contributed by atoms with Gasteiger partial charge in [0.25, 0.3) is 11.8 Å². The maximum atomic E-state index is 13.3. The first kappa shape index (κ1) is 23.7. The second-order valence-corrected chi connectivity index (χ2v) is 8.93. The molecule has 184 valence electrons. The topological polar surface area (TPSA) is 65.2 Å². The van der Waals surface area contributed by atoms with Crippen molar-refractivity contribution in [2.45, 2.75) is 24.9 Å². The Morgan fingerprint density at radius 2 is 1.64 bits per heavy atom. The number of aromatic amines is 1. The number of aromatic nitrogens is 1. The summed E-state index contributed by atoms with van der Waals surface area (Å²) in [6.45, 7) is 1.14. The highest BCUT2D eigenvalue weighted by Gasteiger charge is 2.31. The maximum absolute atomic E-state index is 13.3. The number of piperidine rings is 1. The second kappa shape index (κ2) is 9.53. The molecule has 5 rings (SSSR count). The summed E-state index contributed by atoms with van der Waals surface area (Å²) in [5, 5.41) is 3.82. The molecular weight excluding hydrogens is 467 g/mol. The van der Waals surface area contributed by atoms with Gasteiger partial charge in [0.1, 0.15) is 0 Å². The Hall–Kier alpha value is -4.07. The molecule has 1 aliphatic rings. The summed E-state index contributed by atoms with van der Waals surface area (Å²) in [4.78, 5) is 31.1. The van der Waals surface area contributed by atoms with Crippen LogP contribution in [0.25, 0.3) is 10.9 Å². The number of hydrogen-bond donors (Lipinski definition) is 2. The normalized spacial score (nSPS) is 14.7. The molecule has 2 amide bonds. The van der Waals surface area contributed by atoms with E-state index in [1.807, 2.05) is 24.4 Å². The number of hydrogen-bond acceptors (Lipinski definition) is 2. The van der Waals surface area contributed by atoms with Gasteiger partial charge in [0.2, 0.25) is 0 Å². The van der Waals surface area contributed by atoms with Gasteiger partial charge in [-0.25, -0.2) is 0 Å². The molecular formula is C28H24F3N3O2. The maximum Gasteiger partial charge on any atom is 0.416 e. The molecule has 0 saturated carbocycles. The SMILES string of the molecule is O=C(Nc1ccccc1C(=O)N1CCC(c2c[nH]c3ccccc23)CC1)c1cccc(C(F)(F)F)c1. The minimum absolute atomic E-state index is 0.133. The fourth-order valence-electron chi connectivity index (χ4n) is 4.81. The number of carbonyl (C=O) groups excluding carboxylic acids is 2. The van der Waals surface area contributed by atoms with E-state index in [-0.39, 0.29) is 17.2 Å². The van der Waals surface area contributed by atoms with Gasteiger partial charge in [0, 0.05) is 35.8 Å². The number of anilines is 1. The molecule has 2 heterocycles. The third kappa shape index (κ3) is 4.71. The number of fused-ring (bicyclic) bond motifs is 1. The van der Waals surface area contributed by atoms with Crippen LogP contribution in [0, 0.1) is 0 Å². The Morgan fingerprint density at radius 3 is 2.42 bits per heavy atom. The molecule has 0 unspecified atom stereocenters. The highest BCUT2D eigenvalue weighted by atomic mass is 19.4. The van der Waals surface area contributed by atoms with E-state index in [1.54, 1.807) is 29.2 Å². The summed E-state index contributed by atoms with van der Waals surface area (Å²) < 4.78 is 39.1. The van der Waals surface area contributed by atoms with Crippen molar-refractivity contribution in [2.24, 2.45) is 0 Å². The van der Waals surface area contributed by atoms with Crippen LogP contribution in [0.5, 0.6) is 0 Å². The minimum Gasteiger partial charge on any atom is -0.361 e. The molecule has 8 heteroatoms. The van der Waals surface area contributed by atoms with Crippen LogP contribution in [0.15, 0.2) is 79.0 Å². The van der Waals surface area contributed by atoms with Crippen molar-refractivity contribution in [3.05, 3.63) is 101 Å². The molecule has 0 bridgehead atoms. The Morgan fingerprint density at radius 1 is 0.917 bits per heavy atom. The average Bonchev–Trinajstić information content (AvgIpc) is 3.32. The molecule has 0 radical (unpaired) electrons. The summed E-state index contributed by atoms with van der Waals surface area (Å²) >= 11 is 0. The third-order valence-corrected chi connectivity index (χ3v) is 6.70. The zero-order valence-corrected chi connectivity index (χ0v) is 19.3. The lowest BCUT2D eigenvalue weighted by molar-refractivity contribution is -0.137. The summed E-state index contributed by atoms with van der Waals surface area (Å²) in [6, 6.07) is 18.9. The Balaban J connectivity index is 1.29. The first-order valence-electron chi connectivity index (χ1n) is 11.7. The fourth-order valence-corrected chi connectivity index (χ4v) is 4.81. The quantitative estimate of drug-likeness (QED) is 0.344. The van der Waals surface area contributed by atoms with Crippen molar-refractivity contribution in [2.75, 3.05) is 18.4 Å². The highest BCUT2D eigenvalue weighted by molar-refractivity contribution is 6.09. The predicted molar refractivity (Wildman–Crippen MR) is 132 cm³/mol. The average molecular weight is 492 g/mol. The Labute approximate surface area is 205 Å². The molecule has 36 heavy (non-hydrogen) atoms. The van der Waals surface area contributed by atoms with Crippen LogP contribution in [-0.2, 0) is 6.18 Å². The largest absolute Gasteiger partial charge is 0.416 e. The molecule has 0 atom stereocenters. The number of alkyl halides is 3. The van der Waals surface area contributed by atoms with Crippen LogP contribution in [0.3, 0.4) is 0 Å². The monoisotopic (exact) mass is 491 g/mol. The zero-order valence-electron chi connectivity index (χ0n) is 19.3. The Bertz CT molecular complexity index is 1420. The zero-order chi connectivity index (χ0) is 25.3. The molecule has 5 nitrogen and oxygen atoms in total. The first-order chi connectivity index (χ1) is 17.3. The number of H-pyrrole nitrogens is 1. The summed E-state index contributed by atoms with van der Waals surface area (Å²) in [6.07, 6.45) is -0.882. The van der Waals surface area contributed by atoms with Gasteiger partial charge in [-0.1, -0.05) is 36.4 Å². The number of rotatable bonds is 4. The molecule has 1 aromatic heterocycles. The highest BCUT2D eigenvalue weighted by Crippen LogP contribution is 2.34. The lowest BCUT2D eigenvalue weighted by atomic mass is 9.89. The fraction of sp³-hybridized carbons (Fsp3) is 0.214. The molecule has 1 aliphatic heterocycles. The summed E-state index contributed by atoms with van der Waals surface area (Å²) in [7, 11) is 0. The van der Waals surface area contributed by atoms with Crippen LogP contribution in [0.1, 0.15) is 50.6 Å². The van der Waals surface area contributed by atoms with E-state index in [0.717, 1.165) is 30.5 Å². The molecule has 0 aliphatic carbocycles. The smallest absolute Gasteiger partial charge is 0.361 e. The van der Waals surface area contributed by atoms with Gasteiger partial charge in [-0.05, 0) is 60.7 Å². The van der Waals surface area contributed by atoms with Crippen LogP contribution >= 0.6 is 0 Å². The van der Waals surface area contributed by atoms with Crippen LogP contribution in [0.2, 0.25) is 0 Å². The number of halogens is 3. The van der Waals surface area contributed by atoms with Crippen LogP contribution in [0.4, 0.5) is 18.9 Å². The van der Waals surface area contributed by atoms with E-state index in [4.69, 9.17) is 0 Å². The van der Waals surface area contributed by atoms with E-state index >= 15 is 0 Å². The number of nitrogens with one attached hydrogen (secondary N) is 2.